The van der Waals surface area contributed by atoms with E-state index in [1.54, 1.807) is 23.1 Å². The van der Waals surface area contributed by atoms with Gasteiger partial charge in [0.25, 0.3) is 5.91 Å². The molecule has 3 heterocycles. The van der Waals surface area contributed by atoms with E-state index in [0.717, 1.165) is 22.3 Å². The van der Waals surface area contributed by atoms with Crippen molar-refractivity contribution in [2.75, 3.05) is 12.3 Å². The fraction of sp³-hybridized carbons (Fsp3) is 0.500. The Bertz CT molecular complexity index is 664. The van der Waals surface area contributed by atoms with Gasteiger partial charge in [-0.05, 0) is 31.7 Å². The van der Waals surface area contributed by atoms with Crippen molar-refractivity contribution in [3.63, 3.8) is 0 Å². The van der Waals surface area contributed by atoms with Gasteiger partial charge in [-0.15, -0.1) is 33.3 Å². The van der Waals surface area contributed by atoms with Crippen molar-refractivity contribution >= 4 is 29.0 Å². The van der Waals surface area contributed by atoms with Gasteiger partial charge in [-0.25, -0.2) is 0 Å². The number of nitrogens with zero attached hydrogens (tertiary/aromatic N) is 4. The predicted octanol–water partition coefficient (Wildman–Crippen LogP) is 2.98. The Morgan fingerprint density at radius 2 is 2.29 bits per heavy atom. The van der Waals surface area contributed by atoms with Crippen LogP contribution >= 0.6 is 23.1 Å². The molecule has 1 aliphatic rings. The topological polar surface area (TPSA) is 51.0 Å². The molecule has 0 saturated carbocycles. The van der Waals surface area contributed by atoms with Crippen LogP contribution in [0.15, 0.2) is 16.3 Å². The third-order valence-electron chi connectivity index (χ3n) is 3.56. The van der Waals surface area contributed by atoms with E-state index in [9.17, 15) is 4.79 Å². The molecule has 0 spiro atoms. The molecule has 2 aromatic rings. The highest BCUT2D eigenvalue weighted by molar-refractivity contribution is 8.01. The number of carbonyl (C=O) groups is 1. The van der Waals surface area contributed by atoms with E-state index in [1.807, 2.05) is 24.0 Å². The van der Waals surface area contributed by atoms with Crippen LogP contribution in [0.3, 0.4) is 0 Å². The number of thioether (sulfide) groups is 1. The van der Waals surface area contributed by atoms with Gasteiger partial charge in [-0.1, -0.05) is 6.92 Å². The molecular weight excluding hydrogens is 304 g/mol. The summed E-state index contributed by atoms with van der Waals surface area (Å²) in [5, 5.41) is 8.30. The van der Waals surface area contributed by atoms with Gasteiger partial charge in [0.05, 0.1) is 21.7 Å². The summed E-state index contributed by atoms with van der Waals surface area (Å²) in [6.07, 6.45) is 0. The summed E-state index contributed by atoms with van der Waals surface area (Å²) in [5.41, 5.74) is 0. The average molecular weight is 322 g/mol. The molecule has 21 heavy (non-hydrogen) atoms. The van der Waals surface area contributed by atoms with Gasteiger partial charge in [0, 0.05) is 6.54 Å². The molecule has 1 aliphatic heterocycles. The Morgan fingerprint density at radius 1 is 1.48 bits per heavy atom. The fourth-order valence-electron chi connectivity index (χ4n) is 2.70. The minimum absolute atomic E-state index is 0.0988. The summed E-state index contributed by atoms with van der Waals surface area (Å²) in [7, 11) is 0. The van der Waals surface area contributed by atoms with E-state index in [4.69, 9.17) is 0 Å². The lowest BCUT2D eigenvalue weighted by atomic mass is 10.2. The molecule has 7 heteroatoms. The third-order valence-corrected chi connectivity index (χ3v) is 5.74. The van der Waals surface area contributed by atoms with Crippen LogP contribution in [-0.2, 0) is 6.54 Å². The molecule has 2 aromatic heterocycles. The summed E-state index contributed by atoms with van der Waals surface area (Å²) >= 11 is 3.35. The third kappa shape index (κ3) is 2.72. The van der Waals surface area contributed by atoms with Crippen LogP contribution in [0.25, 0.3) is 0 Å². The minimum atomic E-state index is 0.0988. The number of rotatable bonds is 3. The van der Waals surface area contributed by atoms with Gasteiger partial charge in [0.15, 0.2) is 5.82 Å². The van der Waals surface area contributed by atoms with E-state index >= 15 is 0 Å². The van der Waals surface area contributed by atoms with Crippen molar-refractivity contribution in [1.29, 1.82) is 0 Å². The highest BCUT2D eigenvalue weighted by Gasteiger charge is 2.29. The van der Waals surface area contributed by atoms with Crippen LogP contribution in [0, 0.1) is 6.92 Å². The van der Waals surface area contributed by atoms with Crippen LogP contribution in [0.4, 0.5) is 0 Å². The van der Waals surface area contributed by atoms with Crippen LogP contribution in [0.1, 0.15) is 41.2 Å². The number of hydrogen-bond donors (Lipinski definition) is 0. The van der Waals surface area contributed by atoms with Gasteiger partial charge in [-0.2, -0.15) is 0 Å². The van der Waals surface area contributed by atoms with Gasteiger partial charge in [0.1, 0.15) is 5.82 Å². The zero-order chi connectivity index (χ0) is 15.0. The molecule has 1 atom stereocenters. The van der Waals surface area contributed by atoms with E-state index in [-0.39, 0.29) is 11.9 Å². The molecule has 0 aromatic carbocycles. The Morgan fingerprint density at radius 3 is 3.05 bits per heavy atom. The van der Waals surface area contributed by atoms with E-state index < -0.39 is 0 Å². The quantitative estimate of drug-likeness (QED) is 0.815. The van der Waals surface area contributed by atoms with Crippen molar-refractivity contribution in [3.05, 3.63) is 28.7 Å². The van der Waals surface area contributed by atoms with E-state index in [2.05, 4.69) is 28.6 Å². The number of thiophene rings is 1. The summed E-state index contributed by atoms with van der Waals surface area (Å²) < 4.78 is 3.32. The van der Waals surface area contributed by atoms with Gasteiger partial charge < -0.3 is 9.47 Å². The number of fused-ring (bicyclic) bond motifs is 1. The molecule has 1 amide bonds. The zero-order valence-electron chi connectivity index (χ0n) is 12.4. The van der Waals surface area contributed by atoms with Crippen LogP contribution in [-0.4, -0.2) is 37.9 Å². The monoisotopic (exact) mass is 322 g/mol. The lowest BCUT2D eigenvalue weighted by Crippen LogP contribution is -2.40. The van der Waals surface area contributed by atoms with Crippen LogP contribution < -0.4 is 0 Å². The average Bonchev–Trinajstić information content (AvgIpc) is 3.06. The molecule has 0 radical (unpaired) electrons. The number of hydrogen-bond acceptors (Lipinski definition) is 5. The van der Waals surface area contributed by atoms with Crippen molar-refractivity contribution in [2.24, 2.45) is 0 Å². The number of aryl methyl sites for hydroxylation is 1. The number of carbonyl (C=O) groups excluding carboxylic acids is 1. The maximum Gasteiger partial charge on any atom is 0.264 e. The van der Waals surface area contributed by atoms with Crippen molar-refractivity contribution < 1.29 is 4.79 Å². The highest BCUT2D eigenvalue weighted by Crippen LogP contribution is 2.29. The maximum atomic E-state index is 12.6. The molecule has 5 nitrogen and oxygen atoms in total. The second kappa shape index (κ2) is 5.81. The SMILES string of the molecule is CCSc1ccc(C(=O)N2Cc3nnc(C)n3C(C)C2)s1. The molecular formula is C14H18N4OS2. The van der Waals surface area contributed by atoms with Gasteiger partial charge in [0.2, 0.25) is 0 Å². The second-order valence-electron chi connectivity index (χ2n) is 5.12. The van der Waals surface area contributed by atoms with Crippen molar-refractivity contribution in [3.8, 4) is 0 Å². The molecule has 1 unspecified atom stereocenters. The first kappa shape index (κ1) is 14.6. The first-order valence-electron chi connectivity index (χ1n) is 7.02. The largest absolute Gasteiger partial charge is 0.328 e. The molecule has 0 N–H and O–H groups in total. The summed E-state index contributed by atoms with van der Waals surface area (Å²) in [4.78, 5) is 15.3. The lowest BCUT2D eigenvalue weighted by Gasteiger charge is -2.32. The highest BCUT2D eigenvalue weighted by atomic mass is 32.2. The lowest BCUT2D eigenvalue weighted by molar-refractivity contribution is 0.0685. The van der Waals surface area contributed by atoms with Crippen molar-refractivity contribution in [2.45, 2.75) is 37.6 Å². The molecule has 112 valence electrons. The zero-order valence-corrected chi connectivity index (χ0v) is 14.0. The molecule has 0 aliphatic carbocycles. The fourth-order valence-corrected chi connectivity index (χ4v) is 4.71. The smallest absolute Gasteiger partial charge is 0.264 e. The Labute approximate surface area is 132 Å². The first-order chi connectivity index (χ1) is 10.1. The minimum Gasteiger partial charge on any atom is -0.328 e. The molecule has 0 saturated heterocycles. The van der Waals surface area contributed by atoms with Crippen LogP contribution in [0.5, 0.6) is 0 Å². The summed E-state index contributed by atoms with van der Waals surface area (Å²) in [5.74, 6) is 2.92. The maximum absolute atomic E-state index is 12.6. The Balaban J connectivity index is 1.80. The summed E-state index contributed by atoms with van der Waals surface area (Å²) in [6, 6.07) is 4.18. The van der Waals surface area contributed by atoms with Gasteiger partial charge in [-0.3, -0.25) is 4.79 Å². The van der Waals surface area contributed by atoms with E-state index in [1.165, 1.54) is 4.21 Å². The second-order valence-corrected chi connectivity index (χ2v) is 7.77. The number of amides is 1. The van der Waals surface area contributed by atoms with Crippen molar-refractivity contribution in [1.82, 2.24) is 19.7 Å². The first-order valence-corrected chi connectivity index (χ1v) is 8.82. The Kier molecular flexibility index (Phi) is 4.03. The molecule has 0 bridgehead atoms. The van der Waals surface area contributed by atoms with Gasteiger partial charge >= 0.3 is 0 Å². The normalized spacial score (nSPS) is 17.9. The van der Waals surface area contributed by atoms with E-state index in [0.29, 0.717) is 13.1 Å². The number of aromatic nitrogens is 3. The van der Waals surface area contributed by atoms with Crippen LogP contribution in [0.2, 0.25) is 0 Å². The molecule has 3 rings (SSSR count). The predicted molar refractivity (Wildman–Crippen MR) is 84.9 cm³/mol. The molecule has 0 fully saturated rings. The Hall–Kier alpha value is -1.34. The standard InChI is InChI=1S/C14H18N4OS2/c1-4-20-13-6-5-11(21-13)14(19)17-7-9(2)18-10(3)15-16-12(18)8-17/h5-6,9H,4,7-8H2,1-3H3. The summed E-state index contributed by atoms with van der Waals surface area (Å²) in [6.45, 7) is 7.43.